The van der Waals surface area contributed by atoms with E-state index in [9.17, 15) is 4.79 Å². The smallest absolute Gasteiger partial charge is 0.230 e. The van der Waals surface area contributed by atoms with Gasteiger partial charge in [-0.25, -0.2) is 0 Å². The molecule has 158 valence electrons. The maximum absolute atomic E-state index is 12.1. The van der Waals surface area contributed by atoms with E-state index in [0.717, 1.165) is 22.6 Å². The number of nitrogens with zero attached hydrogens (tertiary/aromatic N) is 3. The third-order valence-electron chi connectivity index (χ3n) is 4.51. The van der Waals surface area contributed by atoms with Crippen LogP contribution in [0.1, 0.15) is 30.8 Å². The van der Waals surface area contributed by atoms with Crippen molar-refractivity contribution in [2.24, 2.45) is 5.92 Å². The zero-order chi connectivity index (χ0) is 21.5. The fourth-order valence-corrected chi connectivity index (χ4v) is 3.79. The molecule has 0 bridgehead atoms. The van der Waals surface area contributed by atoms with E-state index in [1.165, 1.54) is 11.8 Å². The molecule has 7 heteroatoms. The van der Waals surface area contributed by atoms with Crippen LogP contribution < -0.4 is 10.1 Å². The predicted molar refractivity (Wildman–Crippen MR) is 120 cm³/mol. The van der Waals surface area contributed by atoms with Gasteiger partial charge in [0.1, 0.15) is 12.4 Å². The van der Waals surface area contributed by atoms with Gasteiger partial charge in [0.2, 0.25) is 5.91 Å². The minimum atomic E-state index is -0.00959. The molecule has 3 aromatic rings. The Morgan fingerprint density at radius 1 is 1.07 bits per heavy atom. The topological polar surface area (TPSA) is 69.0 Å². The lowest BCUT2D eigenvalue weighted by Gasteiger charge is -2.13. The van der Waals surface area contributed by atoms with Crippen LogP contribution in [0.25, 0.3) is 5.69 Å². The quantitative estimate of drug-likeness (QED) is 0.518. The number of para-hydroxylation sites is 2. The van der Waals surface area contributed by atoms with Crippen LogP contribution >= 0.6 is 11.8 Å². The van der Waals surface area contributed by atoms with Crippen LogP contribution in [0.3, 0.4) is 0 Å². The molecule has 0 radical (unpaired) electrons. The highest BCUT2D eigenvalue weighted by molar-refractivity contribution is 7.99. The molecule has 30 heavy (non-hydrogen) atoms. The first-order valence-electron chi connectivity index (χ1n) is 10.0. The van der Waals surface area contributed by atoms with E-state index in [-0.39, 0.29) is 18.3 Å². The number of nitrogens with one attached hydrogen (secondary N) is 1. The Kier molecular flexibility index (Phi) is 7.52. The van der Waals surface area contributed by atoms with E-state index >= 15 is 0 Å². The van der Waals surface area contributed by atoms with E-state index in [0.29, 0.717) is 23.4 Å². The summed E-state index contributed by atoms with van der Waals surface area (Å²) in [6.45, 7) is 9.15. The molecule has 0 aliphatic heterocycles. The molecule has 0 atom stereocenters. The molecule has 0 aliphatic rings. The number of carbonyl (C=O) groups excluding carboxylic acids is 1. The van der Waals surface area contributed by atoms with Gasteiger partial charge in [-0.3, -0.25) is 9.36 Å². The molecule has 1 amide bonds. The standard InChI is InChI=1S/C23H28N4O2S/c1-16(2)13-24-21(28)15-30-23-26-25-20(27(23)19-11-6-5-7-12-19)14-29-22-17(3)9-8-10-18(22)4/h5-12,16H,13-15H2,1-4H3,(H,24,28). The number of amides is 1. The van der Waals surface area contributed by atoms with Gasteiger partial charge in [0.15, 0.2) is 11.0 Å². The van der Waals surface area contributed by atoms with Gasteiger partial charge in [-0.2, -0.15) is 0 Å². The molecule has 1 N–H and O–H groups in total. The van der Waals surface area contributed by atoms with Crippen LogP contribution in [0.4, 0.5) is 0 Å². The molecule has 1 heterocycles. The third-order valence-corrected chi connectivity index (χ3v) is 5.44. The second kappa shape index (κ2) is 10.3. The maximum Gasteiger partial charge on any atom is 0.230 e. The number of aryl methyl sites for hydroxylation is 2. The Balaban J connectivity index is 1.79. The number of thioether (sulfide) groups is 1. The summed E-state index contributed by atoms with van der Waals surface area (Å²) in [7, 11) is 0. The summed E-state index contributed by atoms with van der Waals surface area (Å²) in [5.74, 6) is 2.25. The number of carbonyl (C=O) groups is 1. The Hall–Kier alpha value is -2.80. The van der Waals surface area contributed by atoms with Crippen LogP contribution in [0, 0.1) is 19.8 Å². The summed E-state index contributed by atoms with van der Waals surface area (Å²) in [6.07, 6.45) is 0. The van der Waals surface area contributed by atoms with E-state index in [1.807, 2.05) is 66.9 Å². The van der Waals surface area contributed by atoms with Crippen LogP contribution in [-0.4, -0.2) is 33.0 Å². The van der Waals surface area contributed by atoms with E-state index in [1.54, 1.807) is 0 Å². The zero-order valence-corrected chi connectivity index (χ0v) is 18.7. The number of benzene rings is 2. The monoisotopic (exact) mass is 424 g/mol. The minimum absolute atomic E-state index is 0.00959. The number of aromatic nitrogens is 3. The summed E-state index contributed by atoms with van der Waals surface area (Å²) in [6, 6.07) is 16.0. The van der Waals surface area contributed by atoms with E-state index in [2.05, 4.69) is 29.4 Å². The van der Waals surface area contributed by atoms with E-state index < -0.39 is 0 Å². The molecule has 0 aliphatic carbocycles. The minimum Gasteiger partial charge on any atom is -0.485 e. The summed E-state index contributed by atoms with van der Waals surface area (Å²) in [4.78, 5) is 12.1. The molecule has 2 aromatic carbocycles. The van der Waals surface area contributed by atoms with Crippen molar-refractivity contribution in [3.05, 3.63) is 65.5 Å². The number of hydrogen-bond donors (Lipinski definition) is 1. The Bertz CT molecular complexity index is 966. The maximum atomic E-state index is 12.1. The van der Waals surface area contributed by atoms with Gasteiger partial charge in [0, 0.05) is 12.2 Å². The lowest BCUT2D eigenvalue weighted by molar-refractivity contribution is -0.118. The van der Waals surface area contributed by atoms with Gasteiger partial charge in [0.25, 0.3) is 0 Å². The van der Waals surface area contributed by atoms with Gasteiger partial charge >= 0.3 is 0 Å². The molecule has 6 nitrogen and oxygen atoms in total. The zero-order valence-electron chi connectivity index (χ0n) is 17.9. The average molecular weight is 425 g/mol. The van der Waals surface area contributed by atoms with Crippen molar-refractivity contribution < 1.29 is 9.53 Å². The van der Waals surface area contributed by atoms with Crippen molar-refractivity contribution in [1.29, 1.82) is 0 Å². The summed E-state index contributed by atoms with van der Waals surface area (Å²) in [5, 5.41) is 12.3. The van der Waals surface area contributed by atoms with Crippen LogP contribution in [0.2, 0.25) is 0 Å². The summed E-state index contributed by atoms with van der Waals surface area (Å²) >= 11 is 1.37. The van der Waals surface area contributed by atoms with Crippen molar-refractivity contribution in [2.45, 2.75) is 39.5 Å². The molecule has 0 fully saturated rings. The first-order valence-corrected chi connectivity index (χ1v) is 11.0. The Morgan fingerprint density at radius 2 is 1.77 bits per heavy atom. The van der Waals surface area contributed by atoms with Gasteiger partial charge in [-0.05, 0) is 43.0 Å². The van der Waals surface area contributed by atoms with Gasteiger partial charge in [-0.1, -0.05) is 62.0 Å². The molecular weight excluding hydrogens is 396 g/mol. The van der Waals surface area contributed by atoms with Crippen LogP contribution in [-0.2, 0) is 11.4 Å². The Morgan fingerprint density at radius 3 is 2.43 bits per heavy atom. The lowest BCUT2D eigenvalue weighted by atomic mass is 10.1. The molecule has 3 rings (SSSR count). The van der Waals surface area contributed by atoms with Gasteiger partial charge in [-0.15, -0.1) is 10.2 Å². The highest BCUT2D eigenvalue weighted by atomic mass is 32.2. The van der Waals surface area contributed by atoms with Crippen LogP contribution in [0.5, 0.6) is 5.75 Å². The Labute approximate surface area is 182 Å². The van der Waals surface area contributed by atoms with Gasteiger partial charge < -0.3 is 10.1 Å². The molecule has 0 saturated heterocycles. The lowest BCUT2D eigenvalue weighted by Crippen LogP contribution is -2.28. The largest absolute Gasteiger partial charge is 0.485 e. The molecule has 1 aromatic heterocycles. The van der Waals surface area contributed by atoms with E-state index in [4.69, 9.17) is 4.74 Å². The van der Waals surface area contributed by atoms with Crippen molar-refractivity contribution in [1.82, 2.24) is 20.1 Å². The van der Waals surface area contributed by atoms with Crippen molar-refractivity contribution in [3.63, 3.8) is 0 Å². The summed E-state index contributed by atoms with van der Waals surface area (Å²) in [5.41, 5.74) is 3.10. The van der Waals surface area contributed by atoms with Crippen LogP contribution in [0.15, 0.2) is 53.7 Å². The normalized spacial score (nSPS) is 11.0. The van der Waals surface area contributed by atoms with Gasteiger partial charge in [0.05, 0.1) is 5.75 Å². The first kappa shape index (κ1) is 21.9. The third kappa shape index (κ3) is 5.63. The second-order valence-corrected chi connectivity index (χ2v) is 8.51. The predicted octanol–water partition coefficient (Wildman–Crippen LogP) is 4.33. The van der Waals surface area contributed by atoms with Crippen molar-refractivity contribution in [3.8, 4) is 11.4 Å². The second-order valence-electron chi connectivity index (χ2n) is 7.57. The first-order chi connectivity index (χ1) is 14.5. The number of rotatable bonds is 9. The molecule has 0 unspecified atom stereocenters. The highest BCUT2D eigenvalue weighted by Crippen LogP contribution is 2.26. The van der Waals surface area contributed by atoms with Crippen molar-refractivity contribution >= 4 is 17.7 Å². The molecule has 0 saturated carbocycles. The SMILES string of the molecule is Cc1cccc(C)c1OCc1nnc(SCC(=O)NCC(C)C)n1-c1ccccc1. The number of hydrogen-bond acceptors (Lipinski definition) is 5. The molecular formula is C23H28N4O2S. The highest BCUT2D eigenvalue weighted by Gasteiger charge is 2.17. The fourth-order valence-electron chi connectivity index (χ4n) is 2.99. The van der Waals surface area contributed by atoms with Crippen molar-refractivity contribution in [2.75, 3.05) is 12.3 Å². The molecule has 0 spiro atoms. The fraction of sp³-hybridized carbons (Fsp3) is 0.348. The average Bonchev–Trinajstić information content (AvgIpc) is 3.13. The summed E-state index contributed by atoms with van der Waals surface area (Å²) < 4.78 is 8.06. The number of ether oxygens (including phenoxy) is 1.